The Labute approximate surface area is 117 Å². The van der Waals surface area contributed by atoms with Gasteiger partial charge < -0.3 is 14.6 Å². The second kappa shape index (κ2) is 7.17. The van der Waals surface area contributed by atoms with E-state index < -0.39 is 11.6 Å². The molecule has 1 N–H and O–H groups in total. The monoisotopic (exact) mass is 280 g/mol. The molecule has 0 aliphatic rings. The molecule has 2 rings (SSSR count). The van der Waals surface area contributed by atoms with Crippen molar-refractivity contribution in [2.75, 3.05) is 20.3 Å². The number of nitrogens with zero attached hydrogens (tertiary/aromatic N) is 1. The van der Waals surface area contributed by atoms with Crippen molar-refractivity contribution in [3.63, 3.8) is 0 Å². The Kier molecular flexibility index (Phi) is 5.26. The summed E-state index contributed by atoms with van der Waals surface area (Å²) < 4.78 is 33.1. The van der Waals surface area contributed by atoms with Crippen LogP contribution in [-0.4, -0.2) is 24.8 Å². The number of methoxy groups -OCH3 is 1. The molecule has 0 aliphatic heterocycles. The third kappa shape index (κ3) is 4.43. The molecule has 2 aromatic rings. The summed E-state index contributed by atoms with van der Waals surface area (Å²) in [5.74, 6) is -1.10. The summed E-state index contributed by atoms with van der Waals surface area (Å²) in [6.07, 6.45) is 3.86. The Hall–Kier alpha value is -1.72. The van der Waals surface area contributed by atoms with Crippen LogP contribution in [0.2, 0.25) is 0 Å². The van der Waals surface area contributed by atoms with Crippen LogP contribution < -0.4 is 5.32 Å². The Morgan fingerprint density at radius 1 is 1.15 bits per heavy atom. The number of hydrogen-bond acceptors (Lipinski definition) is 2. The van der Waals surface area contributed by atoms with Crippen molar-refractivity contribution < 1.29 is 13.5 Å². The SMILES string of the molecule is COCCNCc1ccn(Cc2cc(F)cc(F)c2)c1. The smallest absolute Gasteiger partial charge is 0.126 e. The molecular formula is C15H18F2N2O. The first-order valence-corrected chi connectivity index (χ1v) is 6.46. The van der Waals surface area contributed by atoms with Crippen LogP contribution in [-0.2, 0) is 17.8 Å². The molecule has 0 spiro atoms. The lowest BCUT2D eigenvalue weighted by Crippen LogP contribution is -2.18. The Bertz CT molecular complexity index is 534. The normalized spacial score (nSPS) is 10.9. The minimum atomic E-state index is -0.548. The van der Waals surface area contributed by atoms with Crippen LogP contribution in [0, 0.1) is 11.6 Å². The van der Waals surface area contributed by atoms with Gasteiger partial charge in [0.2, 0.25) is 0 Å². The topological polar surface area (TPSA) is 26.2 Å². The van der Waals surface area contributed by atoms with E-state index in [1.54, 1.807) is 7.11 Å². The highest BCUT2D eigenvalue weighted by molar-refractivity contribution is 5.19. The first-order chi connectivity index (χ1) is 9.67. The van der Waals surface area contributed by atoms with Gasteiger partial charge in [-0.1, -0.05) is 0 Å². The number of aromatic nitrogens is 1. The van der Waals surface area contributed by atoms with Crippen molar-refractivity contribution in [1.29, 1.82) is 0 Å². The lowest BCUT2D eigenvalue weighted by atomic mass is 10.2. The summed E-state index contributed by atoms with van der Waals surface area (Å²) in [4.78, 5) is 0. The van der Waals surface area contributed by atoms with Crippen LogP contribution in [0.3, 0.4) is 0 Å². The van der Waals surface area contributed by atoms with Crippen LogP contribution >= 0.6 is 0 Å². The van der Waals surface area contributed by atoms with E-state index >= 15 is 0 Å². The number of halogens is 2. The fourth-order valence-electron chi connectivity index (χ4n) is 2.01. The van der Waals surface area contributed by atoms with Gasteiger partial charge in [0, 0.05) is 45.2 Å². The van der Waals surface area contributed by atoms with E-state index in [1.807, 2.05) is 23.0 Å². The molecule has 0 bridgehead atoms. The number of benzene rings is 1. The third-order valence-corrected chi connectivity index (χ3v) is 2.91. The maximum atomic E-state index is 13.1. The molecule has 0 radical (unpaired) electrons. The van der Waals surface area contributed by atoms with Gasteiger partial charge in [-0.15, -0.1) is 0 Å². The average Bonchev–Trinajstić information content (AvgIpc) is 2.81. The van der Waals surface area contributed by atoms with E-state index in [2.05, 4.69) is 5.32 Å². The highest BCUT2D eigenvalue weighted by Gasteiger charge is 2.02. The highest BCUT2D eigenvalue weighted by Crippen LogP contribution is 2.11. The molecule has 0 fully saturated rings. The zero-order chi connectivity index (χ0) is 14.4. The first kappa shape index (κ1) is 14.7. The molecule has 1 aromatic heterocycles. The van der Waals surface area contributed by atoms with Crippen molar-refractivity contribution in [1.82, 2.24) is 9.88 Å². The molecule has 108 valence electrons. The van der Waals surface area contributed by atoms with Crippen molar-refractivity contribution >= 4 is 0 Å². The van der Waals surface area contributed by atoms with Gasteiger partial charge in [-0.2, -0.15) is 0 Å². The summed E-state index contributed by atoms with van der Waals surface area (Å²) in [7, 11) is 1.66. The molecule has 0 atom stereocenters. The third-order valence-electron chi connectivity index (χ3n) is 2.91. The van der Waals surface area contributed by atoms with Gasteiger partial charge in [-0.05, 0) is 29.3 Å². The molecule has 0 aliphatic carbocycles. The maximum Gasteiger partial charge on any atom is 0.126 e. The number of rotatable bonds is 7. The molecule has 0 saturated heterocycles. The lowest BCUT2D eigenvalue weighted by molar-refractivity contribution is 0.199. The van der Waals surface area contributed by atoms with E-state index in [4.69, 9.17) is 4.74 Å². The van der Waals surface area contributed by atoms with Crippen molar-refractivity contribution in [2.45, 2.75) is 13.1 Å². The van der Waals surface area contributed by atoms with Gasteiger partial charge in [0.05, 0.1) is 6.61 Å². The number of hydrogen-bond donors (Lipinski definition) is 1. The molecule has 3 nitrogen and oxygen atoms in total. The predicted octanol–water partition coefficient (Wildman–Crippen LogP) is 2.55. The molecular weight excluding hydrogens is 262 g/mol. The minimum Gasteiger partial charge on any atom is -0.383 e. The van der Waals surface area contributed by atoms with Crippen LogP contribution in [0.1, 0.15) is 11.1 Å². The summed E-state index contributed by atoms with van der Waals surface area (Å²) in [6, 6.07) is 5.55. The quantitative estimate of drug-likeness (QED) is 0.789. The van der Waals surface area contributed by atoms with Gasteiger partial charge in [-0.3, -0.25) is 0 Å². The molecule has 1 heterocycles. The maximum absolute atomic E-state index is 13.1. The van der Waals surface area contributed by atoms with E-state index in [0.717, 1.165) is 24.7 Å². The molecule has 5 heteroatoms. The fourth-order valence-corrected chi connectivity index (χ4v) is 2.01. The Morgan fingerprint density at radius 3 is 2.60 bits per heavy atom. The summed E-state index contributed by atoms with van der Waals surface area (Å²) in [5.41, 5.74) is 1.73. The van der Waals surface area contributed by atoms with Crippen molar-refractivity contribution in [3.8, 4) is 0 Å². The van der Waals surface area contributed by atoms with E-state index in [-0.39, 0.29) is 0 Å². The molecule has 1 aromatic carbocycles. The van der Waals surface area contributed by atoms with Gasteiger partial charge in [-0.25, -0.2) is 8.78 Å². The summed E-state index contributed by atoms with van der Waals surface area (Å²) in [6.45, 7) is 2.65. The van der Waals surface area contributed by atoms with E-state index in [1.165, 1.54) is 12.1 Å². The van der Waals surface area contributed by atoms with Crippen LogP contribution in [0.15, 0.2) is 36.7 Å². The number of ether oxygens (including phenoxy) is 1. The number of nitrogens with one attached hydrogen (secondary N) is 1. The Morgan fingerprint density at radius 2 is 1.90 bits per heavy atom. The van der Waals surface area contributed by atoms with Gasteiger partial charge in [0.15, 0.2) is 0 Å². The van der Waals surface area contributed by atoms with Crippen molar-refractivity contribution in [3.05, 3.63) is 59.4 Å². The van der Waals surface area contributed by atoms with E-state index in [9.17, 15) is 8.78 Å². The largest absolute Gasteiger partial charge is 0.383 e. The lowest BCUT2D eigenvalue weighted by Gasteiger charge is -2.04. The van der Waals surface area contributed by atoms with Gasteiger partial charge in [0.25, 0.3) is 0 Å². The second-order valence-electron chi connectivity index (χ2n) is 4.64. The highest BCUT2D eigenvalue weighted by atomic mass is 19.1. The van der Waals surface area contributed by atoms with Crippen LogP contribution in [0.25, 0.3) is 0 Å². The molecule has 0 unspecified atom stereocenters. The zero-order valence-electron chi connectivity index (χ0n) is 11.4. The molecule has 20 heavy (non-hydrogen) atoms. The average molecular weight is 280 g/mol. The first-order valence-electron chi connectivity index (χ1n) is 6.46. The summed E-state index contributed by atoms with van der Waals surface area (Å²) in [5, 5.41) is 3.24. The van der Waals surface area contributed by atoms with E-state index in [0.29, 0.717) is 18.7 Å². The minimum absolute atomic E-state index is 0.451. The fraction of sp³-hybridized carbons (Fsp3) is 0.333. The van der Waals surface area contributed by atoms with Crippen LogP contribution in [0.4, 0.5) is 8.78 Å². The second-order valence-corrected chi connectivity index (χ2v) is 4.64. The standard InChI is InChI=1S/C15H18F2N2O/c1-20-5-3-18-9-12-2-4-19(10-12)11-13-6-14(16)8-15(17)7-13/h2,4,6-8,10,18H,3,5,9,11H2,1H3. The van der Waals surface area contributed by atoms with Crippen LogP contribution in [0.5, 0.6) is 0 Å². The summed E-state index contributed by atoms with van der Waals surface area (Å²) >= 11 is 0. The molecule has 0 saturated carbocycles. The van der Waals surface area contributed by atoms with Crippen molar-refractivity contribution in [2.24, 2.45) is 0 Å². The zero-order valence-corrected chi connectivity index (χ0v) is 11.4. The Balaban J connectivity index is 1.92. The van der Waals surface area contributed by atoms with Gasteiger partial charge >= 0.3 is 0 Å². The van der Waals surface area contributed by atoms with Gasteiger partial charge in [0.1, 0.15) is 11.6 Å². The molecule has 0 amide bonds. The predicted molar refractivity (Wildman–Crippen MR) is 73.5 cm³/mol.